The number of ether oxygens (including phenoxy) is 2. The number of imidazole rings is 1. The standard InChI is InChI=1S/C30H50N6O4/c1-4-6-7-8-9-10-11-12-13-14-15-16-26(37)40-21-24(17-18-39-29(38)27(31)23(3)5-2)20-36-22-34-25-19-33-30(32)35-28(25)36/h8-9,19,22-24,27H,4-7,10-18,20-21,31H2,1-3H3,(H2,32,33,35)/t23-,24+,27-/m0/s1. The second-order valence-electron chi connectivity index (χ2n) is 10.7. The number of unbranched alkanes of at least 4 members (excludes halogenated alkanes) is 7. The number of hydrogen-bond acceptors (Lipinski definition) is 9. The van der Waals surface area contributed by atoms with Crippen molar-refractivity contribution in [3.8, 4) is 0 Å². The summed E-state index contributed by atoms with van der Waals surface area (Å²) in [5.41, 5.74) is 13.0. The van der Waals surface area contributed by atoms with Gasteiger partial charge in [-0.2, -0.15) is 4.98 Å². The number of fused-ring (bicyclic) bond motifs is 1. The molecule has 0 unspecified atom stereocenters. The van der Waals surface area contributed by atoms with E-state index in [0.717, 1.165) is 32.1 Å². The normalized spacial score (nSPS) is 13.9. The molecule has 0 aliphatic carbocycles. The van der Waals surface area contributed by atoms with Crippen molar-refractivity contribution in [1.29, 1.82) is 0 Å². The van der Waals surface area contributed by atoms with Gasteiger partial charge in [0.25, 0.3) is 0 Å². The van der Waals surface area contributed by atoms with E-state index >= 15 is 0 Å². The van der Waals surface area contributed by atoms with Crippen LogP contribution in [0.4, 0.5) is 5.95 Å². The molecule has 3 atom stereocenters. The molecule has 0 aromatic carbocycles. The molecule has 0 aliphatic heterocycles. The maximum atomic E-state index is 12.5. The topological polar surface area (TPSA) is 148 Å². The number of hydrogen-bond donors (Lipinski definition) is 2. The van der Waals surface area contributed by atoms with Crippen molar-refractivity contribution in [2.45, 2.75) is 110 Å². The number of aromatic nitrogens is 4. The second kappa shape index (κ2) is 19.1. The lowest BCUT2D eigenvalue weighted by molar-refractivity contribution is -0.149. The number of anilines is 1. The van der Waals surface area contributed by atoms with Crippen molar-refractivity contribution in [2.24, 2.45) is 17.6 Å². The predicted molar refractivity (Wildman–Crippen MR) is 158 cm³/mol. The van der Waals surface area contributed by atoms with Crippen LogP contribution in [0.3, 0.4) is 0 Å². The van der Waals surface area contributed by atoms with Gasteiger partial charge in [0.15, 0.2) is 5.65 Å². The lowest BCUT2D eigenvalue weighted by Gasteiger charge is -2.20. The smallest absolute Gasteiger partial charge is 0.323 e. The third-order valence-corrected chi connectivity index (χ3v) is 7.25. The van der Waals surface area contributed by atoms with E-state index in [0.29, 0.717) is 30.6 Å². The Morgan fingerprint density at radius 1 is 1.02 bits per heavy atom. The molecule has 0 aliphatic rings. The molecule has 40 heavy (non-hydrogen) atoms. The van der Waals surface area contributed by atoms with Crippen LogP contribution in [0.15, 0.2) is 24.7 Å². The van der Waals surface area contributed by atoms with E-state index in [1.165, 1.54) is 32.1 Å². The zero-order valence-corrected chi connectivity index (χ0v) is 24.7. The first kappa shape index (κ1) is 33.2. The third kappa shape index (κ3) is 12.4. The van der Waals surface area contributed by atoms with E-state index in [4.69, 9.17) is 20.9 Å². The fraction of sp³-hybridized carbons (Fsp3) is 0.700. The number of carbonyl (C=O) groups excluding carboxylic acids is 2. The molecule has 2 heterocycles. The summed E-state index contributed by atoms with van der Waals surface area (Å²) >= 11 is 0. The molecule has 224 valence electrons. The summed E-state index contributed by atoms with van der Waals surface area (Å²) in [6.07, 6.45) is 19.7. The van der Waals surface area contributed by atoms with Gasteiger partial charge >= 0.3 is 11.9 Å². The lowest BCUT2D eigenvalue weighted by atomic mass is 10.0. The Morgan fingerprint density at radius 2 is 1.75 bits per heavy atom. The van der Waals surface area contributed by atoms with E-state index < -0.39 is 12.0 Å². The van der Waals surface area contributed by atoms with E-state index in [1.807, 2.05) is 18.4 Å². The molecule has 0 bridgehead atoms. The Hall–Kier alpha value is -3.01. The van der Waals surface area contributed by atoms with Gasteiger partial charge in [-0.3, -0.25) is 9.59 Å². The number of esters is 2. The highest BCUT2D eigenvalue weighted by atomic mass is 16.5. The molecule has 0 saturated heterocycles. The summed E-state index contributed by atoms with van der Waals surface area (Å²) in [5.74, 6) is -0.531. The SMILES string of the molecule is CCCCC=CCCCCCCCC(=O)OC[C@H](CCOC(=O)[C@@H](N)[C@@H](C)CC)Cn1cnc2cnc(N)nc21. The van der Waals surface area contributed by atoms with Crippen molar-refractivity contribution in [3.05, 3.63) is 24.7 Å². The number of carbonyl (C=O) groups is 2. The van der Waals surface area contributed by atoms with Crippen LogP contribution in [0, 0.1) is 11.8 Å². The molecule has 0 amide bonds. The lowest BCUT2D eigenvalue weighted by Crippen LogP contribution is -2.38. The van der Waals surface area contributed by atoms with E-state index in [9.17, 15) is 9.59 Å². The van der Waals surface area contributed by atoms with Gasteiger partial charge in [0, 0.05) is 18.9 Å². The average molecular weight is 559 g/mol. The van der Waals surface area contributed by atoms with E-state index in [-0.39, 0.29) is 37.0 Å². The Labute approximate surface area is 239 Å². The van der Waals surface area contributed by atoms with Gasteiger partial charge in [0.1, 0.15) is 11.6 Å². The number of rotatable bonds is 21. The Balaban J connectivity index is 1.79. The van der Waals surface area contributed by atoms with Crippen molar-refractivity contribution in [3.63, 3.8) is 0 Å². The Bertz CT molecular complexity index is 1040. The first-order valence-electron chi connectivity index (χ1n) is 15.0. The van der Waals surface area contributed by atoms with Gasteiger partial charge in [-0.1, -0.05) is 71.4 Å². The van der Waals surface area contributed by atoms with Crippen LogP contribution < -0.4 is 11.5 Å². The summed E-state index contributed by atoms with van der Waals surface area (Å²) in [5, 5.41) is 0. The van der Waals surface area contributed by atoms with Crippen molar-refractivity contribution in [1.82, 2.24) is 19.5 Å². The molecule has 2 rings (SSSR count). The first-order chi connectivity index (χ1) is 19.3. The maximum Gasteiger partial charge on any atom is 0.323 e. The zero-order chi connectivity index (χ0) is 29.2. The van der Waals surface area contributed by atoms with Crippen molar-refractivity contribution in [2.75, 3.05) is 18.9 Å². The highest BCUT2D eigenvalue weighted by Crippen LogP contribution is 2.16. The van der Waals surface area contributed by atoms with Crippen LogP contribution in [0.1, 0.15) is 97.8 Å². The monoisotopic (exact) mass is 558 g/mol. The molecule has 0 fully saturated rings. The fourth-order valence-electron chi connectivity index (χ4n) is 4.32. The van der Waals surface area contributed by atoms with Gasteiger partial charge in [-0.05, 0) is 38.0 Å². The zero-order valence-electron chi connectivity index (χ0n) is 24.7. The van der Waals surface area contributed by atoms with Gasteiger partial charge in [-0.15, -0.1) is 0 Å². The summed E-state index contributed by atoms with van der Waals surface area (Å²) in [6.45, 7) is 6.99. The molecular formula is C30H50N6O4. The number of allylic oxidation sites excluding steroid dienone is 2. The van der Waals surface area contributed by atoms with E-state index in [2.05, 4.69) is 34.0 Å². The molecule has 10 nitrogen and oxygen atoms in total. The molecule has 0 saturated carbocycles. The van der Waals surface area contributed by atoms with Crippen molar-refractivity contribution >= 4 is 29.1 Å². The van der Waals surface area contributed by atoms with Gasteiger partial charge in [0.05, 0.1) is 25.7 Å². The van der Waals surface area contributed by atoms with Gasteiger partial charge < -0.3 is 25.5 Å². The van der Waals surface area contributed by atoms with Gasteiger partial charge in [-0.25, -0.2) is 9.97 Å². The average Bonchev–Trinajstić information content (AvgIpc) is 3.34. The van der Waals surface area contributed by atoms with Crippen LogP contribution in [0.5, 0.6) is 0 Å². The fourth-order valence-corrected chi connectivity index (χ4v) is 4.32. The summed E-state index contributed by atoms with van der Waals surface area (Å²) in [7, 11) is 0. The maximum absolute atomic E-state index is 12.5. The van der Waals surface area contributed by atoms with Crippen LogP contribution in [0.2, 0.25) is 0 Å². The Morgan fingerprint density at radius 3 is 2.50 bits per heavy atom. The predicted octanol–water partition coefficient (Wildman–Crippen LogP) is 5.35. The number of nitrogen functional groups attached to an aromatic ring is 1. The Kier molecular flexibility index (Phi) is 15.9. The minimum atomic E-state index is -0.652. The van der Waals surface area contributed by atoms with E-state index in [1.54, 1.807) is 12.5 Å². The van der Waals surface area contributed by atoms with Crippen molar-refractivity contribution < 1.29 is 19.1 Å². The molecule has 0 radical (unpaired) electrons. The molecular weight excluding hydrogens is 508 g/mol. The van der Waals surface area contributed by atoms with Crippen LogP contribution in [-0.2, 0) is 25.6 Å². The number of nitrogens with two attached hydrogens (primary N) is 2. The molecule has 4 N–H and O–H groups in total. The summed E-state index contributed by atoms with van der Waals surface area (Å²) in [6, 6.07) is -0.652. The first-order valence-corrected chi connectivity index (χ1v) is 15.0. The molecule has 0 spiro atoms. The minimum Gasteiger partial charge on any atom is -0.465 e. The van der Waals surface area contributed by atoms with Crippen LogP contribution in [-0.4, -0.2) is 50.7 Å². The quantitative estimate of drug-likeness (QED) is 0.117. The highest BCUT2D eigenvalue weighted by Gasteiger charge is 2.22. The highest BCUT2D eigenvalue weighted by molar-refractivity contribution is 5.75. The summed E-state index contributed by atoms with van der Waals surface area (Å²) in [4.78, 5) is 37.4. The third-order valence-electron chi connectivity index (χ3n) is 7.25. The number of nitrogens with zero attached hydrogens (tertiary/aromatic N) is 4. The molecule has 10 heteroatoms. The van der Waals surface area contributed by atoms with Gasteiger partial charge in [0.2, 0.25) is 5.95 Å². The molecule has 2 aromatic rings. The summed E-state index contributed by atoms with van der Waals surface area (Å²) < 4.78 is 13.0. The largest absolute Gasteiger partial charge is 0.465 e. The van der Waals surface area contributed by atoms with Crippen LogP contribution >= 0.6 is 0 Å². The molecule has 2 aromatic heterocycles. The minimum absolute atomic E-state index is 0.0408. The second-order valence-corrected chi connectivity index (χ2v) is 10.7. The van der Waals surface area contributed by atoms with Crippen LogP contribution in [0.25, 0.3) is 11.2 Å².